The van der Waals surface area contributed by atoms with Gasteiger partial charge < -0.3 is 5.32 Å². The van der Waals surface area contributed by atoms with Crippen molar-refractivity contribution in [2.45, 2.75) is 38.6 Å². The van der Waals surface area contributed by atoms with Crippen LogP contribution in [0.15, 0.2) is 0 Å². The highest BCUT2D eigenvalue weighted by Gasteiger charge is 2.30. The quantitative estimate of drug-likeness (QED) is 0.727. The molecule has 1 saturated carbocycles. The minimum absolute atomic E-state index is 0.225. The van der Waals surface area contributed by atoms with Crippen LogP contribution in [0.2, 0.25) is 0 Å². The Morgan fingerprint density at radius 3 is 2.38 bits per heavy atom. The Labute approximate surface area is 80.8 Å². The van der Waals surface area contributed by atoms with Crippen molar-refractivity contribution in [1.29, 1.82) is 0 Å². The lowest BCUT2D eigenvalue weighted by Crippen LogP contribution is -2.49. The maximum atomic E-state index is 11.2. The Morgan fingerprint density at radius 2 is 2.00 bits per heavy atom. The van der Waals surface area contributed by atoms with Crippen LogP contribution in [-0.2, 0) is 9.84 Å². The third kappa shape index (κ3) is 3.27. The summed E-state index contributed by atoms with van der Waals surface area (Å²) in [5.41, 5.74) is 0.225. The second-order valence-electron chi connectivity index (χ2n) is 4.08. The Morgan fingerprint density at radius 1 is 1.38 bits per heavy atom. The van der Waals surface area contributed by atoms with Crippen molar-refractivity contribution < 1.29 is 8.42 Å². The summed E-state index contributed by atoms with van der Waals surface area (Å²) in [5, 5.41) is 3.31. The molecule has 0 saturated heterocycles. The predicted molar refractivity (Wildman–Crippen MR) is 54.6 cm³/mol. The monoisotopic (exact) mass is 205 g/mol. The molecule has 3 nitrogen and oxygen atoms in total. The summed E-state index contributed by atoms with van der Waals surface area (Å²) < 4.78 is 22.3. The fourth-order valence-electron chi connectivity index (χ4n) is 1.54. The van der Waals surface area contributed by atoms with Crippen LogP contribution in [-0.4, -0.2) is 32.0 Å². The molecule has 0 bridgehead atoms. The molecule has 0 amide bonds. The van der Waals surface area contributed by atoms with Gasteiger partial charge in [0, 0.05) is 17.8 Å². The summed E-state index contributed by atoms with van der Waals surface area (Å²) in [6, 6.07) is 0. The van der Waals surface area contributed by atoms with E-state index in [0.717, 1.165) is 0 Å². The van der Waals surface area contributed by atoms with Crippen molar-refractivity contribution in [3.8, 4) is 0 Å². The maximum Gasteiger partial charge on any atom is 0.151 e. The zero-order valence-corrected chi connectivity index (χ0v) is 9.28. The molecular formula is C9H19NO2S. The van der Waals surface area contributed by atoms with Gasteiger partial charge >= 0.3 is 0 Å². The second kappa shape index (κ2) is 3.96. The van der Waals surface area contributed by atoms with E-state index in [1.54, 1.807) is 6.92 Å². The molecule has 0 atom stereocenters. The van der Waals surface area contributed by atoms with Crippen LogP contribution in [0.1, 0.15) is 33.1 Å². The smallest absolute Gasteiger partial charge is 0.151 e. The lowest BCUT2D eigenvalue weighted by atomic mass is 9.79. The van der Waals surface area contributed by atoms with Crippen LogP contribution >= 0.6 is 0 Å². The van der Waals surface area contributed by atoms with Crippen LogP contribution in [0, 0.1) is 0 Å². The van der Waals surface area contributed by atoms with E-state index in [9.17, 15) is 8.42 Å². The van der Waals surface area contributed by atoms with Crippen molar-refractivity contribution in [2.24, 2.45) is 0 Å². The van der Waals surface area contributed by atoms with Gasteiger partial charge in [-0.3, -0.25) is 0 Å². The van der Waals surface area contributed by atoms with Crippen molar-refractivity contribution >= 4 is 9.84 Å². The fourth-order valence-corrected chi connectivity index (χ4v) is 2.24. The minimum Gasteiger partial charge on any atom is -0.311 e. The van der Waals surface area contributed by atoms with E-state index in [0.29, 0.717) is 6.54 Å². The van der Waals surface area contributed by atoms with Crippen LogP contribution in [0.5, 0.6) is 0 Å². The lowest BCUT2D eigenvalue weighted by Gasteiger charge is -2.39. The number of sulfone groups is 1. The average molecular weight is 205 g/mol. The number of hydrogen-bond donors (Lipinski definition) is 1. The van der Waals surface area contributed by atoms with E-state index in [2.05, 4.69) is 12.2 Å². The van der Waals surface area contributed by atoms with E-state index < -0.39 is 9.84 Å². The van der Waals surface area contributed by atoms with Gasteiger partial charge in [0.15, 0.2) is 9.84 Å². The molecule has 1 rings (SSSR count). The van der Waals surface area contributed by atoms with E-state index in [1.165, 1.54) is 19.3 Å². The van der Waals surface area contributed by atoms with E-state index in [-0.39, 0.29) is 17.0 Å². The van der Waals surface area contributed by atoms with Crippen molar-refractivity contribution in [3.63, 3.8) is 0 Å². The third-order valence-corrected chi connectivity index (χ3v) is 4.57. The first kappa shape index (κ1) is 11.0. The van der Waals surface area contributed by atoms with E-state index in [4.69, 9.17) is 0 Å². The molecule has 0 heterocycles. The molecule has 0 aromatic carbocycles. The van der Waals surface area contributed by atoms with Gasteiger partial charge in [0.1, 0.15) is 0 Å². The van der Waals surface area contributed by atoms with Gasteiger partial charge in [0.05, 0.1) is 5.75 Å². The van der Waals surface area contributed by atoms with Gasteiger partial charge in [-0.2, -0.15) is 0 Å². The Bertz CT molecular complexity index is 255. The predicted octanol–water partition coefficient (Wildman–Crippen LogP) is 0.953. The first-order valence-electron chi connectivity index (χ1n) is 4.93. The fraction of sp³-hybridized carbons (Fsp3) is 1.00. The SMILES string of the molecule is CCS(=O)(=O)CCNC1(C)CCC1. The number of rotatable bonds is 5. The molecule has 0 aromatic heterocycles. The molecule has 1 aliphatic rings. The van der Waals surface area contributed by atoms with Crippen LogP contribution < -0.4 is 5.32 Å². The molecule has 1 fully saturated rings. The first-order valence-corrected chi connectivity index (χ1v) is 6.75. The zero-order chi connectivity index (χ0) is 9.95. The second-order valence-corrected chi connectivity index (χ2v) is 6.55. The standard InChI is InChI=1S/C9H19NO2S/c1-3-13(11,12)8-7-10-9(2)5-4-6-9/h10H,3-8H2,1-2H3. The molecule has 1 N–H and O–H groups in total. The van der Waals surface area contributed by atoms with Crippen LogP contribution in [0.3, 0.4) is 0 Å². The van der Waals surface area contributed by atoms with Gasteiger partial charge in [-0.15, -0.1) is 0 Å². The van der Waals surface area contributed by atoms with Gasteiger partial charge in [0.25, 0.3) is 0 Å². The summed E-state index contributed by atoms with van der Waals surface area (Å²) in [6.07, 6.45) is 3.63. The van der Waals surface area contributed by atoms with E-state index in [1.807, 2.05) is 0 Å². The molecule has 78 valence electrons. The molecule has 0 radical (unpaired) electrons. The number of nitrogens with one attached hydrogen (secondary N) is 1. The maximum absolute atomic E-state index is 11.2. The first-order chi connectivity index (χ1) is 5.97. The summed E-state index contributed by atoms with van der Waals surface area (Å²) >= 11 is 0. The molecule has 13 heavy (non-hydrogen) atoms. The van der Waals surface area contributed by atoms with Gasteiger partial charge in [0.2, 0.25) is 0 Å². The topological polar surface area (TPSA) is 46.2 Å². The molecule has 1 aliphatic carbocycles. The van der Waals surface area contributed by atoms with Crippen molar-refractivity contribution in [3.05, 3.63) is 0 Å². The van der Waals surface area contributed by atoms with Crippen molar-refractivity contribution in [1.82, 2.24) is 5.32 Å². The highest BCUT2D eigenvalue weighted by Crippen LogP contribution is 2.30. The average Bonchev–Trinajstić information content (AvgIpc) is 2.01. The lowest BCUT2D eigenvalue weighted by molar-refractivity contribution is 0.213. The van der Waals surface area contributed by atoms with Crippen LogP contribution in [0.4, 0.5) is 0 Å². The summed E-state index contributed by atoms with van der Waals surface area (Å²) in [6.45, 7) is 4.46. The summed E-state index contributed by atoms with van der Waals surface area (Å²) in [5.74, 6) is 0.532. The summed E-state index contributed by atoms with van der Waals surface area (Å²) in [7, 11) is -2.79. The molecule has 4 heteroatoms. The molecule has 0 aromatic rings. The Balaban J connectivity index is 2.21. The van der Waals surface area contributed by atoms with Gasteiger partial charge in [-0.1, -0.05) is 6.92 Å². The van der Waals surface area contributed by atoms with Crippen LogP contribution in [0.25, 0.3) is 0 Å². The Kier molecular flexibility index (Phi) is 3.35. The van der Waals surface area contributed by atoms with Gasteiger partial charge in [-0.25, -0.2) is 8.42 Å². The van der Waals surface area contributed by atoms with Crippen molar-refractivity contribution in [2.75, 3.05) is 18.1 Å². The molecule has 0 unspecified atom stereocenters. The molecule has 0 spiro atoms. The zero-order valence-electron chi connectivity index (χ0n) is 8.47. The van der Waals surface area contributed by atoms with E-state index >= 15 is 0 Å². The summed E-state index contributed by atoms with van der Waals surface area (Å²) in [4.78, 5) is 0. The molecular weight excluding hydrogens is 186 g/mol. The largest absolute Gasteiger partial charge is 0.311 e. The highest BCUT2D eigenvalue weighted by atomic mass is 32.2. The Hall–Kier alpha value is -0.0900. The highest BCUT2D eigenvalue weighted by molar-refractivity contribution is 7.91. The number of hydrogen-bond acceptors (Lipinski definition) is 3. The third-order valence-electron chi connectivity index (χ3n) is 2.86. The minimum atomic E-state index is -2.79. The van der Waals surface area contributed by atoms with Gasteiger partial charge in [-0.05, 0) is 26.2 Å². The normalized spacial score (nSPS) is 21.1. The molecule has 0 aliphatic heterocycles.